The number of amides is 1. The molecule has 1 spiro atoms. The highest BCUT2D eigenvalue weighted by molar-refractivity contribution is 5.91. The molecular formula is C17H20FNO3. The van der Waals surface area contributed by atoms with Gasteiger partial charge in [-0.15, -0.1) is 0 Å². The monoisotopic (exact) mass is 305 g/mol. The molecule has 0 bridgehead atoms. The van der Waals surface area contributed by atoms with Crippen LogP contribution in [0.1, 0.15) is 31.2 Å². The van der Waals surface area contributed by atoms with Gasteiger partial charge >= 0.3 is 6.09 Å². The number of ketones is 1. The van der Waals surface area contributed by atoms with Crippen molar-refractivity contribution in [2.45, 2.75) is 38.5 Å². The average Bonchev–Trinajstić information content (AvgIpc) is 2.83. The second-order valence-electron chi connectivity index (χ2n) is 6.18. The van der Waals surface area contributed by atoms with Crippen molar-refractivity contribution in [1.82, 2.24) is 4.90 Å². The first kappa shape index (κ1) is 15.0. The van der Waals surface area contributed by atoms with E-state index in [1.54, 1.807) is 4.90 Å². The summed E-state index contributed by atoms with van der Waals surface area (Å²) >= 11 is 0. The van der Waals surface area contributed by atoms with E-state index in [4.69, 9.17) is 4.74 Å². The molecule has 1 saturated carbocycles. The highest BCUT2D eigenvalue weighted by Gasteiger charge is 2.49. The van der Waals surface area contributed by atoms with E-state index < -0.39 is 11.6 Å². The number of alkyl halides is 1. The molecule has 1 aromatic carbocycles. The van der Waals surface area contributed by atoms with Crippen LogP contribution < -0.4 is 0 Å². The van der Waals surface area contributed by atoms with E-state index in [9.17, 15) is 14.0 Å². The van der Waals surface area contributed by atoms with Crippen molar-refractivity contribution in [2.24, 2.45) is 5.41 Å². The molecule has 1 aromatic rings. The van der Waals surface area contributed by atoms with Crippen LogP contribution in [0.4, 0.5) is 9.18 Å². The number of nitrogens with zero attached hydrogens (tertiary/aromatic N) is 1. The zero-order valence-corrected chi connectivity index (χ0v) is 12.5. The number of halogens is 1. The van der Waals surface area contributed by atoms with Gasteiger partial charge in [-0.05, 0) is 31.2 Å². The fraction of sp³-hybridized carbons (Fsp3) is 0.529. The summed E-state index contributed by atoms with van der Waals surface area (Å²) in [4.78, 5) is 25.6. The first-order chi connectivity index (χ1) is 10.6. The van der Waals surface area contributed by atoms with Gasteiger partial charge in [-0.3, -0.25) is 4.79 Å². The molecule has 4 nitrogen and oxygen atoms in total. The number of piperidine rings is 1. The fourth-order valence-corrected chi connectivity index (χ4v) is 3.41. The predicted octanol–water partition coefficient (Wildman–Crippen LogP) is 3.11. The Hall–Kier alpha value is -1.91. The van der Waals surface area contributed by atoms with Crippen molar-refractivity contribution in [3.8, 4) is 0 Å². The Labute approximate surface area is 129 Å². The van der Waals surface area contributed by atoms with Crippen LogP contribution >= 0.6 is 0 Å². The number of carbonyl (C=O) groups is 2. The number of rotatable bonds is 2. The predicted molar refractivity (Wildman–Crippen MR) is 79.0 cm³/mol. The van der Waals surface area contributed by atoms with Gasteiger partial charge in [0.1, 0.15) is 6.61 Å². The largest absolute Gasteiger partial charge is 0.445 e. The summed E-state index contributed by atoms with van der Waals surface area (Å²) in [6.45, 7) is 1.17. The Bertz CT molecular complexity index is 552. The second-order valence-corrected chi connectivity index (χ2v) is 6.18. The Kier molecular flexibility index (Phi) is 4.14. The summed E-state index contributed by atoms with van der Waals surface area (Å²) in [7, 11) is 0. The van der Waals surface area contributed by atoms with Gasteiger partial charge in [0.25, 0.3) is 0 Å². The van der Waals surface area contributed by atoms with Gasteiger partial charge in [0.15, 0.2) is 12.0 Å². The molecular weight excluding hydrogens is 285 g/mol. The quantitative estimate of drug-likeness (QED) is 0.843. The Morgan fingerprint density at radius 2 is 1.91 bits per heavy atom. The minimum absolute atomic E-state index is 0.243. The summed E-state index contributed by atoms with van der Waals surface area (Å²) in [6, 6.07) is 9.50. The van der Waals surface area contributed by atoms with Crippen molar-refractivity contribution in [3.05, 3.63) is 35.9 Å². The van der Waals surface area contributed by atoms with E-state index >= 15 is 0 Å². The number of benzene rings is 1. The zero-order valence-electron chi connectivity index (χ0n) is 12.5. The lowest BCUT2D eigenvalue weighted by atomic mass is 9.76. The summed E-state index contributed by atoms with van der Waals surface area (Å²) in [5.41, 5.74) is 0.408. The van der Waals surface area contributed by atoms with E-state index in [2.05, 4.69) is 0 Å². The maximum absolute atomic E-state index is 13.5. The summed E-state index contributed by atoms with van der Waals surface area (Å²) in [5, 5.41) is 0. The van der Waals surface area contributed by atoms with Gasteiger partial charge in [0.2, 0.25) is 0 Å². The molecule has 1 saturated heterocycles. The first-order valence-corrected chi connectivity index (χ1v) is 7.75. The van der Waals surface area contributed by atoms with Crippen molar-refractivity contribution < 1.29 is 18.7 Å². The smallest absolute Gasteiger partial charge is 0.410 e. The molecule has 1 aliphatic heterocycles. The molecule has 0 N–H and O–H groups in total. The molecule has 118 valence electrons. The lowest BCUT2D eigenvalue weighted by Crippen LogP contribution is -2.45. The van der Waals surface area contributed by atoms with Crippen LogP contribution in [0.5, 0.6) is 0 Å². The van der Waals surface area contributed by atoms with Crippen molar-refractivity contribution in [1.29, 1.82) is 0 Å². The van der Waals surface area contributed by atoms with Crippen molar-refractivity contribution in [2.75, 3.05) is 13.1 Å². The maximum atomic E-state index is 13.5. The third-order valence-corrected chi connectivity index (χ3v) is 4.87. The van der Waals surface area contributed by atoms with Crippen LogP contribution in [0.2, 0.25) is 0 Å². The van der Waals surface area contributed by atoms with Gasteiger partial charge in [-0.1, -0.05) is 30.3 Å². The van der Waals surface area contributed by atoms with E-state index in [1.165, 1.54) is 0 Å². The van der Waals surface area contributed by atoms with E-state index in [0.29, 0.717) is 38.8 Å². The lowest BCUT2D eigenvalue weighted by Gasteiger charge is -2.37. The van der Waals surface area contributed by atoms with Gasteiger partial charge in [-0.25, -0.2) is 9.18 Å². The number of carbonyl (C=O) groups excluding carboxylic acids is 2. The molecule has 1 aliphatic carbocycles. The van der Waals surface area contributed by atoms with Gasteiger partial charge in [0.05, 0.1) is 0 Å². The third-order valence-electron chi connectivity index (χ3n) is 4.87. The summed E-state index contributed by atoms with van der Waals surface area (Å²) in [5.74, 6) is -0.259. The molecule has 1 unspecified atom stereocenters. The van der Waals surface area contributed by atoms with Crippen LogP contribution in [0.15, 0.2) is 30.3 Å². The molecule has 1 atom stereocenters. The van der Waals surface area contributed by atoms with Crippen LogP contribution in [0.3, 0.4) is 0 Å². The van der Waals surface area contributed by atoms with E-state index in [1.807, 2.05) is 30.3 Å². The molecule has 0 radical (unpaired) electrons. The SMILES string of the molecule is O=C(OCc1ccccc1)N1CCC2(CCC(F)C2=O)CC1. The molecule has 0 aromatic heterocycles. The minimum Gasteiger partial charge on any atom is -0.445 e. The summed E-state index contributed by atoms with van der Waals surface area (Å²) in [6.07, 6.45) is 0.369. The maximum Gasteiger partial charge on any atom is 0.410 e. The van der Waals surface area contributed by atoms with Crippen LogP contribution in [-0.4, -0.2) is 36.0 Å². The number of hydrogen-bond donors (Lipinski definition) is 0. The summed E-state index contributed by atoms with van der Waals surface area (Å²) < 4.78 is 18.8. The van der Waals surface area contributed by atoms with Gasteiger partial charge < -0.3 is 9.64 Å². The van der Waals surface area contributed by atoms with Crippen molar-refractivity contribution in [3.63, 3.8) is 0 Å². The van der Waals surface area contributed by atoms with Crippen molar-refractivity contribution >= 4 is 11.9 Å². The van der Waals surface area contributed by atoms with Crippen LogP contribution in [0, 0.1) is 5.41 Å². The van der Waals surface area contributed by atoms with Gasteiger partial charge in [-0.2, -0.15) is 0 Å². The number of likely N-dealkylation sites (tertiary alicyclic amines) is 1. The molecule has 3 rings (SSSR count). The Morgan fingerprint density at radius 3 is 2.50 bits per heavy atom. The van der Waals surface area contributed by atoms with Crippen LogP contribution in [0.25, 0.3) is 0 Å². The average molecular weight is 305 g/mol. The zero-order chi connectivity index (χ0) is 15.6. The number of hydrogen-bond acceptors (Lipinski definition) is 3. The first-order valence-electron chi connectivity index (χ1n) is 7.75. The molecule has 1 heterocycles. The number of ether oxygens (including phenoxy) is 1. The fourth-order valence-electron chi connectivity index (χ4n) is 3.41. The lowest BCUT2D eigenvalue weighted by molar-refractivity contribution is -0.131. The highest BCUT2D eigenvalue weighted by Crippen LogP contribution is 2.44. The van der Waals surface area contributed by atoms with E-state index in [-0.39, 0.29) is 18.5 Å². The highest BCUT2D eigenvalue weighted by atomic mass is 19.1. The standard InChI is InChI=1S/C17H20FNO3/c18-14-6-7-17(15(14)20)8-10-19(11-9-17)16(21)22-12-13-4-2-1-3-5-13/h1-5,14H,6-12H2. The Balaban J connectivity index is 1.51. The normalized spacial score (nSPS) is 23.8. The molecule has 22 heavy (non-hydrogen) atoms. The van der Waals surface area contributed by atoms with Crippen LogP contribution in [-0.2, 0) is 16.1 Å². The second kappa shape index (κ2) is 6.07. The topological polar surface area (TPSA) is 46.6 Å². The molecule has 1 amide bonds. The minimum atomic E-state index is -1.31. The van der Waals surface area contributed by atoms with Gasteiger partial charge in [0, 0.05) is 18.5 Å². The molecule has 2 aliphatic rings. The number of Topliss-reactive ketones (excluding diaryl/α,β-unsaturated/α-hetero) is 1. The molecule has 2 fully saturated rings. The Morgan fingerprint density at radius 1 is 1.23 bits per heavy atom. The third kappa shape index (κ3) is 2.85. The molecule has 5 heteroatoms. The van der Waals surface area contributed by atoms with E-state index in [0.717, 1.165) is 5.56 Å².